The Morgan fingerprint density at radius 3 is 2.72 bits per heavy atom. The van der Waals surface area contributed by atoms with Crippen molar-refractivity contribution >= 4 is 17.2 Å². The summed E-state index contributed by atoms with van der Waals surface area (Å²) < 4.78 is 45.2. The van der Waals surface area contributed by atoms with Crippen molar-refractivity contribution in [2.75, 3.05) is 6.61 Å². The van der Waals surface area contributed by atoms with E-state index in [0.717, 1.165) is 16.0 Å². The van der Waals surface area contributed by atoms with Gasteiger partial charge in [0.2, 0.25) is 0 Å². The van der Waals surface area contributed by atoms with Gasteiger partial charge in [-0.15, -0.1) is 11.3 Å². The molecule has 1 aromatic heterocycles. The Bertz CT molecular complexity index is 704. The highest BCUT2D eigenvalue weighted by molar-refractivity contribution is 7.14. The van der Waals surface area contributed by atoms with Gasteiger partial charge in [0.1, 0.15) is 6.04 Å². The highest BCUT2D eigenvalue weighted by Crippen LogP contribution is 2.28. The predicted octanol–water partition coefficient (Wildman–Crippen LogP) is 4.11. The van der Waals surface area contributed by atoms with Crippen molar-refractivity contribution in [2.24, 2.45) is 0 Å². The lowest BCUT2D eigenvalue weighted by molar-refractivity contribution is -0.154. The number of ether oxygens (including phenoxy) is 1. The number of fused-ring (bicyclic) bond motifs is 1. The lowest BCUT2D eigenvalue weighted by atomic mass is 10.0. The molecule has 0 saturated heterocycles. The number of thiophene rings is 1. The molecule has 1 unspecified atom stereocenters. The Morgan fingerprint density at radius 1 is 1.28 bits per heavy atom. The van der Waals surface area contributed by atoms with Gasteiger partial charge in [0.05, 0.1) is 18.1 Å². The number of halogens is 3. The molecule has 0 saturated carbocycles. The highest BCUT2D eigenvalue weighted by Gasteiger charge is 2.40. The Morgan fingerprint density at radius 2 is 2.04 bits per heavy atom. The van der Waals surface area contributed by atoms with Crippen molar-refractivity contribution in [1.29, 1.82) is 0 Å². The maximum atomic E-state index is 13.3. The maximum absolute atomic E-state index is 13.3. The van der Waals surface area contributed by atoms with E-state index in [1.807, 2.05) is 6.07 Å². The van der Waals surface area contributed by atoms with E-state index in [1.165, 1.54) is 11.3 Å². The van der Waals surface area contributed by atoms with E-state index in [1.54, 1.807) is 30.3 Å². The molecule has 3 nitrogen and oxygen atoms in total. The fourth-order valence-corrected chi connectivity index (χ4v) is 3.81. The number of amides is 1. The number of nitrogens with one attached hydrogen (secondary N) is 1. The summed E-state index contributed by atoms with van der Waals surface area (Å²) in [5, 5.41) is 2.16. The molecule has 1 atom stereocenters. The molecule has 0 bridgehead atoms. The molecular formula is C18H18F3NO2S. The van der Waals surface area contributed by atoms with Crippen LogP contribution in [-0.2, 0) is 24.2 Å². The molecule has 2 aromatic rings. The summed E-state index contributed by atoms with van der Waals surface area (Å²) in [7, 11) is 0. The minimum absolute atomic E-state index is 0.187. The third-order valence-electron chi connectivity index (χ3n) is 4.12. The molecule has 3 rings (SSSR count). The molecule has 0 fully saturated rings. The highest BCUT2D eigenvalue weighted by atomic mass is 32.1. The number of hydrogen-bond donors (Lipinski definition) is 1. The molecule has 1 N–H and O–H groups in total. The van der Waals surface area contributed by atoms with Crippen molar-refractivity contribution in [3.05, 3.63) is 57.3 Å². The van der Waals surface area contributed by atoms with Gasteiger partial charge < -0.3 is 10.1 Å². The van der Waals surface area contributed by atoms with Gasteiger partial charge in [-0.05, 0) is 30.0 Å². The third kappa shape index (κ3) is 4.61. The van der Waals surface area contributed by atoms with Gasteiger partial charge in [-0.1, -0.05) is 30.3 Å². The molecule has 1 aliphatic heterocycles. The second-order valence-corrected chi connectivity index (χ2v) is 7.09. The van der Waals surface area contributed by atoms with Crippen LogP contribution < -0.4 is 5.32 Å². The largest absolute Gasteiger partial charge is 0.408 e. The standard InChI is InChI=1S/C18H18F3NO2S/c19-18(20,21)16(7-6-12-4-2-1-3-5-12)22-17(23)15-10-13-11-24-9-8-14(13)25-15/h1-5,10,16H,6-9,11H2,(H,22,23). The van der Waals surface area contributed by atoms with E-state index < -0.39 is 18.1 Å². The molecule has 1 amide bonds. The number of rotatable bonds is 5. The van der Waals surface area contributed by atoms with E-state index in [2.05, 4.69) is 5.32 Å². The minimum atomic E-state index is -4.48. The first kappa shape index (κ1) is 17.9. The number of benzene rings is 1. The molecule has 25 heavy (non-hydrogen) atoms. The number of alkyl halides is 3. The van der Waals surface area contributed by atoms with Crippen molar-refractivity contribution in [3.63, 3.8) is 0 Å². The van der Waals surface area contributed by atoms with E-state index in [4.69, 9.17) is 4.74 Å². The fourth-order valence-electron chi connectivity index (χ4n) is 2.76. The van der Waals surface area contributed by atoms with Crippen molar-refractivity contribution in [3.8, 4) is 0 Å². The van der Waals surface area contributed by atoms with Crippen molar-refractivity contribution in [1.82, 2.24) is 5.32 Å². The zero-order valence-corrected chi connectivity index (χ0v) is 14.3. The van der Waals surface area contributed by atoms with E-state index in [-0.39, 0.29) is 12.8 Å². The Balaban J connectivity index is 1.67. The second kappa shape index (κ2) is 7.58. The van der Waals surface area contributed by atoms with E-state index in [0.29, 0.717) is 24.5 Å². The summed E-state index contributed by atoms with van der Waals surface area (Å²) in [5.41, 5.74) is 1.71. The average molecular weight is 369 g/mol. The lowest BCUT2D eigenvalue weighted by Gasteiger charge is -2.21. The first-order valence-corrected chi connectivity index (χ1v) is 8.86. The summed E-state index contributed by atoms with van der Waals surface area (Å²) in [6.07, 6.45) is -3.72. The zero-order chi connectivity index (χ0) is 17.9. The maximum Gasteiger partial charge on any atom is 0.408 e. The van der Waals surface area contributed by atoms with Gasteiger partial charge in [-0.2, -0.15) is 13.2 Å². The van der Waals surface area contributed by atoms with Crippen LogP contribution in [0.4, 0.5) is 13.2 Å². The molecule has 7 heteroatoms. The van der Waals surface area contributed by atoms with Crippen LogP contribution in [0.3, 0.4) is 0 Å². The summed E-state index contributed by atoms with van der Waals surface area (Å²) in [5.74, 6) is -0.671. The van der Waals surface area contributed by atoms with Gasteiger partial charge in [0.15, 0.2) is 0 Å². The summed E-state index contributed by atoms with van der Waals surface area (Å²) in [6, 6.07) is 8.72. The number of carbonyl (C=O) groups excluding carboxylic acids is 1. The first-order valence-electron chi connectivity index (χ1n) is 8.04. The first-order chi connectivity index (χ1) is 11.9. The van der Waals surface area contributed by atoms with Crippen LogP contribution in [0.15, 0.2) is 36.4 Å². The average Bonchev–Trinajstić information content (AvgIpc) is 3.02. The molecule has 2 heterocycles. The van der Waals surface area contributed by atoms with Crippen LogP contribution in [0.1, 0.15) is 32.1 Å². The summed E-state index contributed by atoms with van der Waals surface area (Å²) in [4.78, 5) is 13.6. The Kier molecular flexibility index (Phi) is 5.44. The van der Waals surface area contributed by atoms with Crippen molar-refractivity contribution in [2.45, 2.75) is 38.1 Å². The molecule has 134 valence electrons. The molecule has 0 spiro atoms. The topological polar surface area (TPSA) is 38.3 Å². The quantitative estimate of drug-likeness (QED) is 0.861. The van der Waals surface area contributed by atoms with E-state index in [9.17, 15) is 18.0 Å². The predicted molar refractivity (Wildman–Crippen MR) is 89.8 cm³/mol. The normalized spacial score (nSPS) is 15.5. The van der Waals surface area contributed by atoms with E-state index >= 15 is 0 Å². The lowest BCUT2D eigenvalue weighted by Crippen LogP contribution is -2.45. The van der Waals surface area contributed by atoms with Gasteiger partial charge in [0.25, 0.3) is 5.91 Å². The van der Waals surface area contributed by atoms with Gasteiger partial charge >= 0.3 is 6.18 Å². The number of carbonyl (C=O) groups is 1. The number of hydrogen-bond acceptors (Lipinski definition) is 3. The van der Waals surface area contributed by atoms with Crippen LogP contribution in [0.2, 0.25) is 0 Å². The SMILES string of the molecule is O=C(NC(CCc1ccccc1)C(F)(F)F)c1cc2c(s1)CCOC2. The molecule has 1 aliphatic rings. The third-order valence-corrected chi connectivity index (χ3v) is 5.35. The van der Waals surface area contributed by atoms with Crippen LogP contribution >= 0.6 is 11.3 Å². The monoisotopic (exact) mass is 369 g/mol. The number of aryl methyl sites for hydroxylation is 1. The Labute approximate surface area is 147 Å². The molecule has 1 aromatic carbocycles. The van der Waals surface area contributed by atoms with Crippen molar-refractivity contribution < 1.29 is 22.7 Å². The van der Waals surface area contributed by atoms with Crippen LogP contribution in [0.5, 0.6) is 0 Å². The van der Waals surface area contributed by atoms with Crippen LogP contribution in [-0.4, -0.2) is 24.7 Å². The van der Waals surface area contributed by atoms with Gasteiger partial charge in [-0.25, -0.2) is 0 Å². The smallest absolute Gasteiger partial charge is 0.376 e. The zero-order valence-electron chi connectivity index (χ0n) is 13.4. The van der Waals surface area contributed by atoms with Crippen LogP contribution in [0, 0.1) is 0 Å². The van der Waals surface area contributed by atoms with Gasteiger partial charge in [-0.3, -0.25) is 4.79 Å². The van der Waals surface area contributed by atoms with Gasteiger partial charge in [0, 0.05) is 11.3 Å². The molecular weight excluding hydrogens is 351 g/mol. The van der Waals surface area contributed by atoms with Crippen LogP contribution in [0.25, 0.3) is 0 Å². The Hall–Kier alpha value is -1.86. The minimum Gasteiger partial charge on any atom is -0.376 e. The second-order valence-electron chi connectivity index (χ2n) is 5.95. The fraction of sp³-hybridized carbons (Fsp3) is 0.389. The summed E-state index contributed by atoms with van der Waals surface area (Å²) >= 11 is 1.25. The molecule has 0 aliphatic carbocycles. The summed E-state index contributed by atoms with van der Waals surface area (Å²) in [6.45, 7) is 0.993. The molecule has 0 radical (unpaired) electrons.